The summed E-state index contributed by atoms with van der Waals surface area (Å²) in [5.41, 5.74) is 1.78. The summed E-state index contributed by atoms with van der Waals surface area (Å²) in [5.74, 6) is 0.650. The summed E-state index contributed by atoms with van der Waals surface area (Å²) in [7, 11) is 1.88. The molecular formula is C17H19BrFNO. The van der Waals surface area contributed by atoms with Gasteiger partial charge in [-0.15, -0.1) is 0 Å². The second-order valence-corrected chi connectivity index (χ2v) is 5.70. The zero-order valence-electron chi connectivity index (χ0n) is 12.2. The van der Waals surface area contributed by atoms with E-state index >= 15 is 0 Å². The lowest BCUT2D eigenvalue weighted by Crippen LogP contribution is -2.19. The molecule has 0 aliphatic carbocycles. The summed E-state index contributed by atoms with van der Waals surface area (Å²) in [4.78, 5) is 0. The third-order valence-electron chi connectivity index (χ3n) is 3.36. The molecule has 0 saturated heterocycles. The van der Waals surface area contributed by atoms with Crippen LogP contribution >= 0.6 is 15.9 Å². The standard InChI is InChI=1S/C17H19BrFNO/c1-3-21-15-6-4-5-13(9-15)17(20-2)10-12-7-8-14(18)11-16(12)19/h4-9,11,17,20H,3,10H2,1-2H3. The van der Waals surface area contributed by atoms with Crippen molar-refractivity contribution in [1.29, 1.82) is 0 Å². The summed E-state index contributed by atoms with van der Waals surface area (Å²) < 4.78 is 20.3. The molecule has 112 valence electrons. The van der Waals surface area contributed by atoms with Crippen molar-refractivity contribution in [1.82, 2.24) is 5.32 Å². The van der Waals surface area contributed by atoms with Crippen LogP contribution < -0.4 is 10.1 Å². The van der Waals surface area contributed by atoms with E-state index in [-0.39, 0.29) is 11.9 Å². The lowest BCUT2D eigenvalue weighted by atomic mass is 9.98. The van der Waals surface area contributed by atoms with E-state index in [0.29, 0.717) is 18.6 Å². The fourth-order valence-electron chi connectivity index (χ4n) is 2.28. The van der Waals surface area contributed by atoms with E-state index in [1.807, 2.05) is 50.4 Å². The molecule has 1 N–H and O–H groups in total. The van der Waals surface area contributed by atoms with Gasteiger partial charge in [-0.2, -0.15) is 0 Å². The summed E-state index contributed by atoms with van der Waals surface area (Å²) in [6.07, 6.45) is 0.588. The maximum absolute atomic E-state index is 14.0. The number of ether oxygens (including phenoxy) is 1. The minimum Gasteiger partial charge on any atom is -0.494 e. The lowest BCUT2D eigenvalue weighted by Gasteiger charge is -2.18. The van der Waals surface area contributed by atoms with E-state index < -0.39 is 0 Å². The molecule has 0 bridgehead atoms. The van der Waals surface area contributed by atoms with Gasteiger partial charge >= 0.3 is 0 Å². The Morgan fingerprint density at radius 3 is 2.71 bits per heavy atom. The van der Waals surface area contributed by atoms with Crippen LogP contribution in [-0.2, 0) is 6.42 Å². The van der Waals surface area contributed by atoms with Crippen LogP contribution in [0.3, 0.4) is 0 Å². The van der Waals surface area contributed by atoms with Crippen molar-refractivity contribution < 1.29 is 9.13 Å². The predicted molar refractivity (Wildman–Crippen MR) is 87.2 cm³/mol. The first-order valence-corrected chi connectivity index (χ1v) is 7.77. The van der Waals surface area contributed by atoms with Crippen molar-refractivity contribution in [2.75, 3.05) is 13.7 Å². The maximum Gasteiger partial charge on any atom is 0.127 e. The molecule has 1 atom stereocenters. The predicted octanol–water partition coefficient (Wildman–Crippen LogP) is 4.49. The molecule has 0 aromatic heterocycles. The molecule has 2 aromatic rings. The number of hydrogen-bond acceptors (Lipinski definition) is 2. The number of halogens is 2. The highest BCUT2D eigenvalue weighted by Crippen LogP contribution is 2.24. The van der Waals surface area contributed by atoms with Crippen LogP contribution in [0.15, 0.2) is 46.9 Å². The van der Waals surface area contributed by atoms with Crippen molar-refractivity contribution >= 4 is 15.9 Å². The van der Waals surface area contributed by atoms with Crippen molar-refractivity contribution in [3.63, 3.8) is 0 Å². The second kappa shape index (κ2) is 7.57. The second-order valence-electron chi connectivity index (χ2n) is 4.79. The Bertz CT molecular complexity index is 603. The summed E-state index contributed by atoms with van der Waals surface area (Å²) in [5, 5.41) is 3.24. The summed E-state index contributed by atoms with van der Waals surface area (Å²) in [6.45, 7) is 2.59. The van der Waals surface area contributed by atoms with Gasteiger partial charge in [0.2, 0.25) is 0 Å². The number of benzene rings is 2. The van der Waals surface area contributed by atoms with Gasteiger partial charge in [-0.25, -0.2) is 4.39 Å². The Labute approximate surface area is 133 Å². The van der Waals surface area contributed by atoms with E-state index in [4.69, 9.17) is 4.74 Å². The highest BCUT2D eigenvalue weighted by molar-refractivity contribution is 9.10. The molecule has 0 aliphatic heterocycles. The minimum absolute atomic E-state index is 0.0427. The largest absolute Gasteiger partial charge is 0.494 e. The number of hydrogen-bond donors (Lipinski definition) is 1. The number of rotatable bonds is 6. The Balaban J connectivity index is 2.21. The van der Waals surface area contributed by atoms with E-state index in [1.54, 1.807) is 0 Å². The Morgan fingerprint density at radius 2 is 2.05 bits per heavy atom. The number of nitrogens with one attached hydrogen (secondary N) is 1. The molecule has 2 nitrogen and oxygen atoms in total. The third kappa shape index (κ3) is 4.29. The van der Waals surface area contributed by atoms with E-state index in [2.05, 4.69) is 21.2 Å². The molecule has 21 heavy (non-hydrogen) atoms. The van der Waals surface area contributed by atoms with Crippen LogP contribution in [0.1, 0.15) is 24.1 Å². The Kier molecular flexibility index (Phi) is 5.76. The van der Waals surface area contributed by atoms with E-state index in [1.165, 1.54) is 6.07 Å². The van der Waals surface area contributed by atoms with Gasteiger partial charge in [-0.3, -0.25) is 0 Å². The fraction of sp³-hybridized carbons (Fsp3) is 0.294. The van der Waals surface area contributed by atoms with Gasteiger partial charge in [-0.1, -0.05) is 34.1 Å². The van der Waals surface area contributed by atoms with Gasteiger partial charge in [0.05, 0.1) is 6.61 Å². The van der Waals surface area contributed by atoms with Crippen LogP contribution in [-0.4, -0.2) is 13.7 Å². The normalized spacial score (nSPS) is 12.2. The van der Waals surface area contributed by atoms with Crippen molar-refractivity contribution in [3.8, 4) is 5.75 Å². The molecule has 2 aromatic carbocycles. The van der Waals surface area contributed by atoms with Gasteiger partial charge in [-0.05, 0) is 55.8 Å². The smallest absolute Gasteiger partial charge is 0.127 e. The zero-order chi connectivity index (χ0) is 15.2. The first-order chi connectivity index (χ1) is 10.1. The summed E-state index contributed by atoms with van der Waals surface area (Å²) >= 11 is 3.28. The maximum atomic E-state index is 14.0. The monoisotopic (exact) mass is 351 g/mol. The highest BCUT2D eigenvalue weighted by atomic mass is 79.9. The van der Waals surface area contributed by atoms with Crippen molar-refractivity contribution in [3.05, 3.63) is 63.9 Å². The molecule has 0 heterocycles. The van der Waals surface area contributed by atoms with E-state index in [9.17, 15) is 4.39 Å². The summed E-state index contributed by atoms with van der Waals surface area (Å²) in [6, 6.07) is 13.1. The average Bonchev–Trinajstić information content (AvgIpc) is 2.47. The molecule has 0 saturated carbocycles. The Morgan fingerprint density at radius 1 is 1.24 bits per heavy atom. The van der Waals surface area contributed by atoms with Crippen LogP contribution in [0.5, 0.6) is 5.75 Å². The molecule has 0 amide bonds. The van der Waals surface area contributed by atoms with Crippen LogP contribution in [0.4, 0.5) is 4.39 Å². The van der Waals surface area contributed by atoms with Crippen molar-refractivity contribution in [2.45, 2.75) is 19.4 Å². The van der Waals surface area contributed by atoms with Gasteiger partial charge in [0.25, 0.3) is 0 Å². The fourth-order valence-corrected chi connectivity index (χ4v) is 2.61. The molecule has 0 aliphatic rings. The first kappa shape index (κ1) is 16.0. The SMILES string of the molecule is CCOc1cccc(C(Cc2ccc(Br)cc2F)NC)c1. The lowest BCUT2D eigenvalue weighted by molar-refractivity contribution is 0.339. The van der Waals surface area contributed by atoms with Crippen LogP contribution in [0, 0.1) is 5.82 Å². The van der Waals surface area contributed by atoms with Crippen molar-refractivity contribution in [2.24, 2.45) is 0 Å². The van der Waals surface area contributed by atoms with Crippen LogP contribution in [0.25, 0.3) is 0 Å². The molecule has 0 spiro atoms. The van der Waals surface area contributed by atoms with Crippen LogP contribution in [0.2, 0.25) is 0 Å². The minimum atomic E-state index is -0.189. The average molecular weight is 352 g/mol. The quantitative estimate of drug-likeness (QED) is 0.827. The van der Waals surface area contributed by atoms with E-state index in [0.717, 1.165) is 15.8 Å². The first-order valence-electron chi connectivity index (χ1n) is 6.98. The molecule has 2 rings (SSSR count). The highest BCUT2D eigenvalue weighted by Gasteiger charge is 2.13. The molecular weight excluding hydrogens is 333 g/mol. The molecule has 0 fully saturated rings. The molecule has 4 heteroatoms. The van der Waals surface area contributed by atoms with Gasteiger partial charge in [0.1, 0.15) is 11.6 Å². The molecule has 1 unspecified atom stereocenters. The molecule has 0 radical (unpaired) electrons. The third-order valence-corrected chi connectivity index (χ3v) is 3.85. The van der Waals surface area contributed by atoms with Gasteiger partial charge in [0.15, 0.2) is 0 Å². The van der Waals surface area contributed by atoms with Gasteiger partial charge in [0, 0.05) is 10.5 Å². The zero-order valence-corrected chi connectivity index (χ0v) is 13.8. The van der Waals surface area contributed by atoms with Gasteiger partial charge < -0.3 is 10.1 Å². The topological polar surface area (TPSA) is 21.3 Å². The Hall–Kier alpha value is -1.39. The number of likely N-dealkylation sites (N-methyl/N-ethyl adjacent to an activating group) is 1.